The van der Waals surface area contributed by atoms with Gasteiger partial charge in [-0.3, -0.25) is 52.7 Å². The SMILES string of the molecule is CC[C@@H](C)C(=O)N[C@@H](C(=O)OCCCCOC(=O)[C@H](CC(=O)[C@H](C)NC)C(=O)N1CCC[C@H]1c1cccc(Oc2ccccc2)c1)C(=O)N1CCC[C@H]1c1cccc(Oc2ccccc2)c1.CC[C@@H](C)C(=O)N[C@@H](CCCC[C@H](CC(=O)[C@H](C)NC)C(=O)N1CC[C@H]2CCCN(CCc3ccccc3)C(=O)[C@H]21)C(=O)N1CC[C@H]2CCCN(CCc3ccccc3)C(=O)[C@H]21. The summed E-state index contributed by atoms with van der Waals surface area (Å²) in [5.74, 6) is -4.00. The Morgan fingerprint density at radius 2 is 0.836 bits per heavy atom. The van der Waals surface area contributed by atoms with Crippen LogP contribution in [-0.4, -0.2) is 216 Å². The number of likely N-dealkylation sites (tertiary alicyclic amines) is 6. The third-order valence-corrected chi connectivity index (χ3v) is 26.7. The highest BCUT2D eigenvalue weighted by Crippen LogP contribution is 2.41. The highest BCUT2D eigenvalue weighted by atomic mass is 16.5. The van der Waals surface area contributed by atoms with E-state index in [-0.39, 0.29) is 110 Å². The van der Waals surface area contributed by atoms with Crippen LogP contribution in [0.5, 0.6) is 23.0 Å². The molecule has 0 unspecified atom stereocenters. The summed E-state index contributed by atoms with van der Waals surface area (Å²) in [6.07, 6.45) is 12.6. The Labute approximate surface area is 755 Å². The maximum Gasteiger partial charge on any atom is 0.338 e. The zero-order chi connectivity index (χ0) is 91.2. The van der Waals surface area contributed by atoms with Crippen molar-refractivity contribution in [2.45, 2.75) is 231 Å². The van der Waals surface area contributed by atoms with Crippen molar-refractivity contribution in [3.63, 3.8) is 0 Å². The summed E-state index contributed by atoms with van der Waals surface area (Å²) in [7, 11) is 3.37. The van der Waals surface area contributed by atoms with Gasteiger partial charge in [0.05, 0.1) is 37.4 Å². The average molecular weight is 1760 g/mol. The zero-order valence-electron chi connectivity index (χ0n) is 76.1. The fourth-order valence-electron chi connectivity index (χ4n) is 18.4. The molecule has 6 aromatic carbocycles. The van der Waals surface area contributed by atoms with Crippen molar-refractivity contribution in [2.75, 3.05) is 79.7 Å². The predicted octanol–water partition coefficient (Wildman–Crippen LogP) is 13.3. The standard InChI is InChI=1S/C52H62N4O10.C50H72N6O6/c1-5-35(2)48(58)54-47(50(60)56-29-17-27-45(56)38-19-15-25-42(33-38)66-40-22-10-7-11-23-40)52(62)64-31-13-12-30-63-51(61)43(34-46(57)36(3)53-4)49(59)55-28-16-26-44(55)37-18-14-24-41(32-37)65-39-20-8-6-9-21-39;1-5-35(2)46(58)52-42(48(60)56-33-27-40-22-15-29-54(50(62)45(40)56)31-25-38-18-10-7-11-19-38)23-13-12-20-41(34-43(57)36(3)51-4)47(59)55-32-26-39-21-14-28-53(49(61)44(39)55)30-24-37-16-8-6-9-17-37/h6-11,14-15,18-25,32-33,35-36,43-45,47,53H,5,12-13,16-17,26-31,34H2,1-4H3,(H,54,58);6-11,16-19,35-36,39-42,44-45,51H,5,12-15,20-34H2,1-4H3,(H,52,58)/t35-,36+,43-,44+,45+,47-;35-,36+,39-,40-,41-,42+,44+,45+/m11/s1. The molecule has 6 fully saturated rings. The van der Waals surface area contributed by atoms with E-state index in [1.807, 2.05) is 176 Å². The quantitative estimate of drug-likeness (QED) is 0.0157. The van der Waals surface area contributed by atoms with E-state index < -0.39 is 83.7 Å². The molecule has 6 aromatic rings. The molecule has 0 spiro atoms. The number of hydrogen-bond acceptors (Lipinski definition) is 18. The average Bonchev–Trinajstić information content (AvgIpc) is 1.64. The molecule has 26 heteroatoms. The van der Waals surface area contributed by atoms with E-state index in [1.165, 1.54) is 11.1 Å². The first-order valence-electron chi connectivity index (χ1n) is 46.8. The fraction of sp³-hybridized carbons (Fsp3) is 0.529. The lowest BCUT2D eigenvalue weighted by molar-refractivity contribution is -0.159. The van der Waals surface area contributed by atoms with Crippen molar-refractivity contribution in [2.24, 2.45) is 35.5 Å². The van der Waals surface area contributed by atoms with Gasteiger partial charge in [0.2, 0.25) is 47.4 Å². The number of nitrogens with one attached hydrogen (secondary N) is 4. The molecule has 0 aliphatic carbocycles. The number of carbonyl (C=O) groups is 12. The molecule has 26 nitrogen and oxygen atoms in total. The number of fused-ring (bicyclic) bond motifs is 2. The smallest absolute Gasteiger partial charge is 0.338 e. The van der Waals surface area contributed by atoms with Gasteiger partial charge in [-0.15, -0.1) is 0 Å². The summed E-state index contributed by atoms with van der Waals surface area (Å²) in [6, 6.07) is 48.9. The third kappa shape index (κ3) is 26.6. The number of rotatable bonds is 42. The number of ketones is 2. The lowest BCUT2D eigenvalue weighted by atomic mass is 9.90. The molecule has 6 heterocycles. The molecule has 6 aliphatic heterocycles. The van der Waals surface area contributed by atoms with Gasteiger partial charge in [0.15, 0.2) is 5.78 Å². The van der Waals surface area contributed by atoms with Crippen molar-refractivity contribution in [3.05, 3.63) is 192 Å². The number of esters is 2. The van der Waals surface area contributed by atoms with Crippen LogP contribution < -0.4 is 30.7 Å². The van der Waals surface area contributed by atoms with Crippen molar-refractivity contribution < 1.29 is 76.5 Å². The Morgan fingerprint density at radius 3 is 1.31 bits per heavy atom. The van der Waals surface area contributed by atoms with E-state index in [9.17, 15) is 57.5 Å². The summed E-state index contributed by atoms with van der Waals surface area (Å²) >= 11 is 0. The van der Waals surface area contributed by atoms with Crippen LogP contribution in [0, 0.1) is 35.5 Å². The first-order valence-corrected chi connectivity index (χ1v) is 46.8. The van der Waals surface area contributed by atoms with Crippen LogP contribution in [0.1, 0.15) is 204 Å². The summed E-state index contributed by atoms with van der Waals surface area (Å²) < 4.78 is 23.3. The number of hydrogen-bond donors (Lipinski definition) is 4. The number of unbranched alkanes of at least 4 members (excludes halogenated alkanes) is 2. The maximum atomic E-state index is 14.6. The first-order chi connectivity index (χ1) is 62.0. The molecule has 4 N–H and O–H groups in total. The summed E-state index contributed by atoms with van der Waals surface area (Å²) in [6.45, 7) is 14.9. The van der Waals surface area contributed by atoms with E-state index >= 15 is 0 Å². The minimum atomic E-state index is -1.56. The molecule has 0 bridgehead atoms. The Balaban J connectivity index is 0.000000248. The van der Waals surface area contributed by atoms with E-state index in [4.69, 9.17) is 18.9 Å². The number of carbonyl (C=O) groups excluding carboxylic acids is 12. The van der Waals surface area contributed by atoms with Gasteiger partial charge in [-0.25, -0.2) is 4.79 Å². The van der Waals surface area contributed by atoms with Crippen LogP contribution in [0.25, 0.3) is 0 Å². The number of amides is 8. The first kappa shape index (κ1) is 97.5. The zero-order valence-corrected chi connectivity index (χ0v) is 76.1. The molecular weight excluding hydrogens is 1620 g/mol. The van der Waals surface area contributed by atoms with E-state index in [0.717, 1.165) is 62.5 Å². The highest BCUT2D eigenvalue weighted by molar-refractivity contribution is 6.05. The topological polar surface area (TPSA) is 309 Å². The predicted molar refractivity (Wildman–Crippen MR) is 488 cm³/mol. The van der Waals surface area contributed by atoms with Crippen LogP contribution in [0.3, 0.4) is 0 Å². The Bertz CT molecular complexity index is 4390. The second-order valence-electron chi connectivity index (χ2n) is 35.4. The third-order valence-electron chi connectivity index (χ3n) is 26.7. The number of Topliss-reactive ketones (excluding diaryl/α,β-unsaturated/α-hetero) is 2. The van der Waals surface area contributed by atoms with Crippen LogP contribution >= 0.6 is 0 Å². The van der Waals surface area contributed by atoms with Gasteiger partial charge < -0.3 is 69.6 Å². The fourth-order valence-corrected chi connectivity index (χ4v) is 18.4. The van der Waals surface area contributed by atoms with Gasteiger partial charge in [-0.05, 0) is 226 Å². The van der Waals surface area contributed by atoms with E-state index in [1.54, 1.807) is 54.5 Å². The minimum Gasteiger partial charge on any atom is -0.465 e. The van der Waals surface area contributed by atoms with E-state index in [2.05, 4.69) is 45.5 Å². The Kier molecular flexibility index (Phi) is 37.2. The molecule has 0 radical (unpaired) electrons. The van der Waals surface area contributed by atoms with Crippen LogP contribution in [0.2, 0.25) is 0 Å². The van der Waals surface area contributed by atoms with Crippen molar-refractivity contribution in [3.8, 4) is 23.0 Å². The van der Waals surface area contributed by atoms with Gasteiger partial charge >= 0.3 is 11.9 Å². The van der Waals surface area contributed by atoms with Crippen LogP contribution in [-0.2, 0) is 79.8 Å². The van der Waals surface area contributed by atoms with Gasteiger partial charge in [0.1, 0.15) is 52.8 Å². The molecule has 128 heavy (non-hydrogen) atoms. The molecule has 6 aliphatic rings. The minimum absolute atomic E-state index is 0.00118. The normalized spacial score (nSPS) is 20.4. The highest BCUT2D eigenvalue weighted by Gasteiger charge is 2.49. The molecule has 0 aromatic heterocycles. The summed E-state index contributed by atoms with van der Waals surface area (Å²) in [5.41, 5.74) is 4.04. The second-order valence-corrected chi connectivity index (χ2v) is 35.4. The van der Waals surface area contributed by atoms with Gasteiger partial charge in [-0.1, -0.05) is 162 Å². The van der Waals surface area contributed by atoms with E-state index in [0.29, 0.717) is 140 Å². The molecule has 14 atom stereocenters. The number of benzene rings is 6. The number of ether oxygens (including phenoxy) is 4. The monoisotopic (exact) mass is 1750 g/mol. The van der Waals surface area contributed by atoms with Crippen molar-refractivity contribution in [1.82, 2.24) is 50.7 Å². The molecule has 8 amide bonds. The molecule has 6 saturated heterocycles. The number of para-hydroxylation sites is 2. The van der Waals surface area contributed by atoms with Gasteiger partial charge in [-0.2, -0.15) is 0 Å². The lowest BCUT2D eigenvalue weighted by Crippen LogP contribution is -2.55. The van der Waals surface area contributed by atoms with Crippen LogP contribution in [0.15, 0.2) is 170 Å². The summed E-state index contributed by atoms with van der Waals surface area (Å²) in [4.78, 5) is 177. The Hall–Kier alpha value is -11.1. The molecule has 688 valence electrons. The number of nitrogens with zero attached hydrogens (tertiary/aromatic N) is 6. The molecule has 0 saturated carbocycles. The van der Waals surface area contributed by atoms with Gasteiger partial charge in [0, 0.05) is 83.0 Å². The van der Waals surface area contributed by atoms with Crippen LogP contribution in [0.4, 0.5) is 0 Å². The van der Waals surface area contributed by atoms with Gasteiger partial charge in [0.25, 0.3) is 5.91 Å². The molecular formula is C102H134N10O16. The molecule has 12 rings (SSSR count). The largest absolute Gasteiger partial charge is 0.465 e. The van der Waals surface area contributed by atoms with Crippen molar-refractivity contribution in [1.29, 1.82) is 0 Å². The Morgan fingerprint density at radius 1 is 0.414 bits per heavy atom. The summed E-state index contributed by atoms with van der Waals surface area (Å²) in [5, 5.41) is 11.6. The lowest BCUT2D eigenvalue weighted by Gasteiger charge is -2.33. The van der Waals surface area contributed by atoms with Crippen molar-refractivity contribution >= 4 is 70.8 Å². The maximum absolute atomic E-state index is 14.6. The second kappa shape index (κ2) is 48.9. The number of likely N-dealkylation sites (N-methyl/N-ethyl adjacent to an activating group) is 2.